The summed E-state index contributed by atoms with van der Waals surface area (Å²) in [5.74, 6) is 1.78. The van der Waals surface area contributed by atoms with Gasteiger partial charge in [-0.2, -0.15) is 0 Å². The van der Waals surface area contributed by atoms with Gasteiger partial charge in [-0.3, -0.25) is 4.79 Å². The molecule has 0 aliphatic heterocycles. The van der Waals surface area contributed by atoms with E-state index in [1.54, 1.807) is 6.92 Å². The number of carbonyl (C=O) groups excluding carboxylic acids is 1. The van der Waals surface area contributed by atoms with Crippen molar-refractivity contribution in [1.82, 2.24) is 0 Å². The standard InChI is InChI=1S/C16H24O2/c1-7-18-16-14(10(2)3)8-13(12(6)17)9-15(16)11(4)5/h8-11H,7H2,1-6H3. The molecule has 2 heteroatoms. The van der Waals surface area contributed by atoms with Crippen LogP contribution in [0, 0.1) is 0 Å². The third kappa shape index (κ3) is 3.12. The molecular formula is C16H24O2. The lowest BCUT2D eigenvalue weighted by molar-refractivity contribution is 0.101. The first kappa shape index (κ1) is 14.7. The molecule has 100 valence electrons. The Bertz CT molecular complexity index is 402. The highest BCUT2D eigenvalue weighted by molar-refractivity contribution is 5.94. The molecular weight excluding hydrogens is 224 g/mol. The Balaban J connectivity index is 3.49. The maximum absolute atomic E-state index is 11.6. The van der Waals surface area contributed by atoms with Crippen LogP contribution in [0.4, 0.5) is 0 Å². The minimum absolute atomic E-state index is 0.113. The van der Waals surface area contributed by atoms with Crippen LogP contribution in [0.3, 0.4) is 0 Å². The lowest BCUT2D eigenvalue weighted by Gasteiger charge is -2.20. The predicted molar refractivity (Wildman–Crippen MR) is 75.8 cm³/mol. The Labute approximate surface area is 110 Å². The Morgan fingerprint density at radius 3 is 1.83 bits per heavy atom. The van der Waals surface area contributed by atoms with Crippen LogP contribution < -0.4 is 4.74 Å². The maximum Gasteiger partial charge on any atom is 0.159 e. The summed E-state index contributed by atoms with van der Waals surface area (Å²) in [5.41, 5.74) is 3.05. The Morgan fingerprint density at radius 2 is 1.56 bits per heavy atom. The molecule has 0 radical (unpaired) electrons. The lowest BCUT2D eigenvalue weighted by atomic mass is 9.90. The molecule has 0 atom stereocenters. The molecule has 0 saturated carbocycles. The number of benzene rings is 1. The largest absolute Gasteiger partial charge is 0.493 e. The fraction of sp³-hybridized carbons (Fsp3) is 0.562. The minimum Gasteiger partial charge on any atom is -0.493 e. The van der Waals surface area contributed by atoms with Gasteiger partial charge in [0.15, 0.2) is 5.78 Å². The second-order valence-electron chi connectivity index (χ2n) is 5.28. The summed E-state index contributed by atoms with van der Waals surface area (Å²) in [4.78, 5) is 11.6. The molecule has 0 heterocycles. The zero-order chi connectivity index (χ0) is 13.9. The summed E-state index contributed by atoms with van der Waals surface area (Å²) in [6.45, 7) is 12.8. The second kappa shape index (κ2) is 6.03. The fourth-order valence-electron chi connectivity index (χ4n) is 2.05. The smallest absolute Gasteiger partial charge is 0.159 e. The number of hydrogen-bond acceptors (Lipinski definition) is 2. The molecule has 0 N–H and O–H groups in total. The first-order chi connectivity index (χ1) is 8.38. The van der Waals surface area contributed by atoms with Crippen molar-refractivity contribution in [3.05, 3.63) is 28.8 Å². The minimum atomic E-state index is 0.113. The molecule has 0 spiro atoms. The van der Waals surface area contributed by atoms with Gasteiger partial charge in [0, 0.05) is 5.56 Å². The summed E-state index contributed by atoms with van der Waals surface area (Å²) in [7, 11) is 0. The van der Waals surface area contributed by atoms with Crippen molar-refractivity contribution < 1.29 is 9.53 Å². The highest BCUT2D eigenvalue weighted by Gasteiger charge is 2.18. The van der Waals surface area contributed by atoms with Crippen LogP contribution in [0.2, 0.25) is 0 Å². The molecule has 0 aromatic heterocycles. The van der Waals surface area contributed by atoms with Gasteiger partial charge < -0.3 is 4.74 Å². The van der Waals surface area contributed by atoms with Crippen molar-refractivity contribution in [2.45, 2.75) is 53.4 Å². The van der Waals surface area contributed by atoms with Gasteiger partial charge in [0.05, 0.1) is 6.61 Å². The van der Waals surface area contributed by atoms with Gasteiger partial charge >= 0.3 is 0 Å². The monoisotopic (exact) mass is 248 g/mol. The maximum atomic E-state index is 11.6. The van der Waals surface area contributed by atoms with E-state index in [2.05, 4.69) is 27.7 Å². The van der Waals surface area contributed by atoms with Crippen LogP contribution in [0.25, 0.3) is 0 Å². The number of rotatable bonds is 5. The predicted octanol–water partition coefficient (Wildman–Crippen LogP) is 4.53. The van der Waals surface area contributed by atoms with Crippen LogP contribution in [0.1, 0.15) is 74.9 Å². The molecule has 1 aromatic rings. The van der Waals surface area contributed by atoms with Crippen molar-refractivity contribution in [2.75, 3.05) is 6.61 Å². The number of ketones is 1. The molecule has 0 amide bonds. The van der Waals surface area contributed by atoms with Gasteiger partial charge in [-0.15, -0.1) is 0 Å². The van der Waals surface area contributed by atoms with Gasteiger partial charge in [-0.05, 0) is 48.9 Å². The number of Topliss-reactive ketones (excluding diaryl/α,β-unsaturated/α-hetero) is 1. The topological polar surface area (TPSA) is 26.3 Å². The Morgan fingerprint density at radius 1 is 1.11 bits per heavy atom. The number of ether oxygens (including phenoxy) is 1. The second-order valence-corrected chi connectivity index (χ2v) is 5.28. The Hall–Kier alpha value is -1.31. The van der Waals surface area contributed by atoms with Gasteiger partial charge in [0.25, 0.3) is 0 Å². The molecule has 0 aliphatic rings. The van der Waals surface area contributed by atoms with Crippen LogP contribution >= 0.6 is 0 Å². The summed E-state index contributed by atoms with van der Waals surface area (Å²) < 4.78 is 5.81. The van der Waals surface area contributed by atoms with E-state index < -0.39 is 0 Å². The SMILES string of the molecule is CCOc1c(C(C)C)cc(C(C)=O)cc1C(C)C. The number of carbonyl (C=O) groups is 1. The fourth-order valence-corrected chi connectivity index (χ4v) is 2.05. The van der Waals surface area contributed by atoms with Crippen LogP contribution in [0.15, 0.2) is 12.1 Å². The molecule has 0 aliphatic carbocycles. The van der Waals surface area contributed by atoms with Gasteiger partial charge in [0.2, 0.25) is 0 Å². The summed E-state index contributed by atoms with van der Waals surface area (Å²) in [6.07, 6.45) is 0. The van der Waals surface area contributed by atoms with Crippen molar-refractivity contribution in [2.24, 2.45) is 0 Å². The van der Waals surface area contributed by atoms with Crippen LogP contribution in [0.5, 0.6) is 5.75 Å². The third-order valence-corrected chi connectivity index (χ3v) is 3.09. The highest BCUT2D eigenvalue weighted by atomic mass is 16.5. The molecule has 1 aromatic carbocycles. The van der Waals surface area contributed by atoms with Gasteiger partial charge in [-0.25, -0.2) is 0 Å². The first-order valence-corrected chi connectivity index (χ1v) is 6.70. The van der Waals surface area contributed by atoms with E-state index in [-0.39, 0.29) is 5.78 Å². The normalized spacial score (nSPS) is 11.1. The van der Waals surface area contributed by atoms with E-state index in [1.807, 2.05) is 19.1 Å². The average Bonchev–Trinajstić information content (AvgIpc) is 2.28. The quantitative estimate of drug-likeness (QED) is 0.715. The van der Waals surface area contributed by atoms with Gasteiger partial charge in [0.1, 0.15) is 5.75 Å². The van der Waals surface area contributed by atoms with E-state index in [0.717, 1.165) is 22.4 Å². The summed E-state index contributed by atoms with van der Waals surface area (Å²) in [5, 5.41) is 0. The van der Waals surface area contributed by atoms with Crippen molar-refractivity contribution >= 4 is 5.78 Å². The molecule has 0 fully saturated rings. The summed E-state index contributed by atoms with van der Waals surface area (Å²) in [6, 6.07) is 3.95. The van der Waals surface area contributed by atoms with E-state index >= 15 is 0 Å². The highest BCUT2D eigenvalue weighted by Crippen LogP contribution is 2.36. The van der Waals surface area contributed by atoms with Gasteiger partial charge in [-0.1, -0.05) is 27.7 Å². The first-order valence-electron chi connectivity index (χ1n) is 6.70. The zero-order valence-corrected chi connectivity index (χ0v) is 12.3. The van der Waals surface area contributed by atoms with Crippen molar-refractivity contribution in [1.29, 1.82) is 0 Å². The molecule has 1 rings (SSSR count). The van der Waals surface area contributed by atoms with E-state index in [9.17, 15) is 4.79 Å². The third-order valence-electron chi connectivity index (χ3n) is 3.09. The molecule has 2 nitrogen and oxygen atoms in total. The molecule has 0 unspecified atom stereocenters. The lowest BCUT2D eigenvalue weighted by Crippen LogP contribution is -2.06. The average molecular weight is 248 g/mol. The van der Waals surface area contributed by atoms with E-state index in [1.165, 1.54) is 0 Å². The van der Waals surface area contributed by atoms with Crippen LogP contribution in [-0.4, -0.2) is 12.4 Å². The molecule has 0 saturated heterocycles. The molecule has 0 bridgehead atoms. The summed E-state index contributed by atoms with van der Waals surface area (Å²) >= 11 is 0. The number of hydrogen-bond donors (Lipinski definition) is 0. The van der Waals surface area contributed by atoms with E-state index in [0.29, 0.717) is 18.4 Å². The van der Waals surface area contributed by atoms with E-state index in [4.69, 9.17) is 4.74 Å². The van der Waals surface area contributed by atoms with Crippen LogP contribution in [-0.2, 0) is 0 Å². The zero-order valence-electron chi connectivity index (χ0n) is 12.3. The Kier molecular flexibility index (Phi) is 4.94. The molecule has 18 heavy (non-hydrogen) atoms. The van der Waals surface area contributed by atoms with Crippen molar-refractivity contribution in [3.8, 4) is 5.75 Å². The van der Waals surface area contributed by atoms with Crippen molar-refractivity contribution in [3.63, 3.8) is 0 Å².